The van der Waals surface area contributed by atoms with Gasteiger partial charge < -0.3 is 23.8 Å². The number of hydrogen-bond donors (Lipinski definition) is 1. The van der Waals surface area contributed by atoms with Crippen molar-refractivity contribution >= 4 is 27.2 Å². The zero-order chi connectivity index (χ0) is 22.4. The lowest BCUT2D eigenvalue weighted by molar-refractivity contribution is 0.174. The zero-order valence-electron chi connectivity index (χ0n) is 19.0. The number of benzene rings is 1. The van der Waals surface area contributed by atoms with E-state index in [1.807, 2.05) is 17.0 Å². The summed E-state index contributed by atoms with van der Waals surface area (Å²) in [7, 11) is 2.16. The first kappa shape index (κ1) is 20.9. The lowest BCUT2D eigenvalue weighted by Crippen LogP contribution is -2.46. The van der Waals surface area contributed by atoms with Crippen LogP contribution >= 0.6 is 11.3 Å². The topological polar surface area (TPSA) is 69.9 Å². The standard InChI is InChI=1S/C24H30N6O2S/c1-27-8-5-18-21(14-27)33-24-22(18)23(25)30(15-26-24)7-2-6-28-9-11-29(12-10-28)17-3-4-19-20(13-17)32-16-31-19/h3-4,13,15,25H,2,5-12,14,16H2,1H3. The van der Waals surface area contributed by atoms with E-state index < -0.39 is 0 Å². The number of aromatic nitrogens is 2. The van der Waals surface area contributed by atoms with Gasteiger partial charge in [-0.05, 0) is 44.1 Å². The predicted molar refractivity (Wildman–Crippen MR) is 129 cm³/mol. The molecule has 2 aromatic heterocycles. The van der Waals surface area contributed by atoms with Gasteiger partial charge in [0.2, 0.25) is 6.79 Å². The van der Waals surface area contributed by atoms with Crippen LogP contribution in [-0.2, 0) is 19.5 Å². The van der Waals surface area contributed by atoms with E-state index in [9.17, 15) is 0 Å². The SMILES string of the molecule is CN1CCc2c(sc3ncn(CCCN4CCN(c5ccc6c(c5)OCO6)CC4)c(=N)c23)C1. The molecule has 1 N–H and O–H groups in total. The Labute approximate surface area is 197 Å². The summed E-state index contributed by atoms with van der Waals surface area (Å²) < 4.78 is 13.0. The molecular weight excluding hydrogens is 436 g/mol. The second-order valence-electron chi connectivity index (χ2n) is 9.18. The van der Waals surface area contributed by atoms with Gasteiger partial charge >= 0.3 is 0 Å². The van der Waals surface area contributed by atoms with Gasteiger partial charge in [-0.1, -0.05) is 0 Å². The number of fused-ring (bicyclic) bond motifs is 4. The van der Waals surface area contributed by atoms with Crippen molar-refractivity contribution in [3.8, 4) is 11.5 Å². The largest absolute Gasteiger partial charge is 0.454 e. The molecule has 0 amide bonds. The molecule has 1 fully saturated rings. The summed E-state index contributed by atoms with van der Waals surface area (Å²) in [6.45, 7) is 8.38. The Morgan fingerprint density at radius 3 is 2.79 bits per heavy atom. The molecule has 3 aliphatic rings. The summed E-state index contributed by atoms with van der Waals surface area (Å²) in [6.07, 6.45) is 3.92. The van der Waals surface area contributed by atoms with E-state index >= 15 is 0 Å². The van der Waals surface area contributed by atoms with Crippen molar-refractivity contribution in [1.82, 2.24) is 19.4 Å². The summed E-state index contributed by atoms with van der Waals surface area (Å²) in [6, 6.07) is 6.22. The monoisotopic (exact) mass is 466 g/mol. The van der Waals surface area contributed by atoms with Gasteiger partial charge in [0.05, 0.1) is 11.7 Å². The predicted octanol–water partition coefficient (Wildman–Crippen LogP) is 2.51. The molecule has 0 spiro atoms. The molecular formula is C24H30N6O2S. The molecule has 3 aromatic rings. The number of rotatable bonds is 5. The Morgan fingerprint density at radius 1 is 1.06 bits per heavy atom. The third-order valence-electron chi connectivity index (χ3n) is 7.03. The highest BCUT2D eigenvalue weighted by atomic mass is 32.1. The van der Waals surface area contributed by atoms with Crippen LogP contribution in [0.4, 0.5) is 5.69 Å². The van der Waals surface area contributed by atoms with Crippen molar-refractivity contribution in [3.63, 3.8) is 0 Å². The van der Waals surface area contributed by atoms with Gasteiger partial charge in [-0.2, -0.15) is 0 Å². The van der Waals surface area contributed by atoms with E-state index in [-0.39, 0.29) is 0 Å². The minimum Gasteiger partial charge on any atom is -0.454 e. The molecule has 3 aliphatic heterocycles. The fourth-order valence-corrected chi connectivity index (χ4v) is 6.39. The number of aryl methyl sites for hydroxylation is 1. The molecule has 9 heteroatoms. The molecule has 0 radical (unpaired) electrons. The molecule has 0 bridgehead atoms. The van der Waals surface area contributed by atoms with Gasteiger partial charge in [-0.25, -0.2) is 4.98 Å². The van der Waals surface area contributed by atoms with Crippen LogP contribution in [0.25, 0.3) is 10.2 Å². The Kier molecular flexibility index (Phi) is 5.48. The number of hydrogen-bond acceptors (Lipinski definition) is 8. The normalized spacial score (nSPS) is 18.8. The minimum atomic E-state index is 0.319. The number of ether oxygens (including phenoxy) is 2. The Morgan fingerprint density at radius 2 is 1.91 bits per heavy atom. The van der Waals surface area contributed by atoms with Crippen molar-refractivity contribution in [2.75, 3.05) is 58.0 Å². The molecule has 1 aromatic carbocycles. The fraction of sp³-hybridized carbons (Fsp3) is 0.500. The first-order valence-corrected chi connectivity index (χ1v) is 12.6. The van der Waals surface area contributed by atoms with E-state index in [1.54, 1.807) is 11.3 Å². The lowest BCUT2D eigenvalue weighted by Gasteiger charge is -2.36. The minimum absolute atomic E-state index is 0.319. The first-order chi connectivity index (χ1) is 16.2. The first-order valence-electron chi connectivity index (χ1n) is 11.8. The van der Waals surface area contributed by atoms with Crippen LogP contribution in [0.3, 0.4) is 0 Å². The summed E-state index contributed by atoms with van der Waals surface area (Å²) in [4.78, 5) is 14.4. The maximum absolute atomic E-state index is 8.82. The van der Waals surface area contributed by atoms with E-state index in [0.717, 1.165) is 86.9 Å². The van der Waals surface area contributed by atoms with E-state index in [4.69, 9.17) is 19.9 Å². The maximum Gasteiger partial charge on any atom is 0.231 e. The second kappa shape index (κ2) is 8.62. The van der Waals surface area contributed by atoms with Gasteiger partial charge in [0, 0.05) is 62.4 Å². The molecule has 8 nitrogen and oxygen atoms in total. The van der Waals surface area contributed by atoms with Crippen LogP contribution in [0, 0.1) is 5.41 Å². The van der Waals surface area contributed by atoms with Crippen LogP contribution in [-0.4, -0.2) is 72.5 Å². The van der Waals surface area contributed by atoms with Gasteiger partial charge in [0.25, 0.3) is 0 Å². The fourth-order valence-electron chi connectivity index (χ4n) is 5.12. The summed E-state index contributed by atoms with van der Waals surface area (Å²) >= 11 is 1.76. The highest BCUT2D eigenvalue weighted by molar-refractivity contribution is 7.18. The Hall–Kier alpha value is -2.62. The highest BCUT2D eigenvalue weighted by Gasteiger charge is 2.22. The Balaban J connectivity index is 1.05. The average Bonchev–Trinajstić information content (AvgIpc) is 3.44. The summed E-state index contributed by atoms with van der Waals surface area (Å²) in [5.74, 6) is 1.69. The molecule has 0 unspecified atom stereocenters. The summed E-state index contributed by atoms with van der Waals surface area (Å²) in [5, 5.41) is 9.91. The van der Waals surface area contributed by atoms with Crippen LogP contribution in [0.2, 0.25) is 0 Å². The molecule has 1 saturated heterocycles. The van der Waals surface area contributed by atoms with Crippen LogP contribution in [0.15, 0.2) is 24.5 Å². The molecule has 0 saturated carbocycles. The zero-order valence-corrected chi connectivity index (χ0v) is 19.9. The lowest BCUT2D eigenvalue weighted by atomic mass is 10.1. The number of likely N-dealkylation sites (N-methyl/N-ethyl adjacent to an activating group) is 1. The van der Waals surface area contributed by atoms with Gasteiger partial charge in [0.15, 0.2) is 11.5 Å². The van der Waals surface area contributed by atoms with Gasteiger partial charge in [-0.15, -0.1) is 11.3 Å². The van der Waals surface area contributed by atoms with Crippen LogP contribution in [0.1, 0.15) is 16.9 Å². The van der Waals surface area contributed by atoms with Crippen LogP contribution in [0.5, 0.6) is 11.5 Å². The second-order valence-corrected chi connectivity index (χ2v) is 10.3. The molecule has 6 rings (SSSR count). The maximum atomic E-state index is 8.82. The molecule has 0 atom stereocenters. The average molecular weight is 467 g/mol. The van der Waals surface area contributed by atoms with Gasteiger partial charge in [0.1, 0.15) is 10.3 Å². The van der Waals surface area contributed by atoms with Crippen molar-refractivity contribution in [2.24, 2.45) is 0 Å². The van der Waals surface area contributed by atoms with Crippen molar-refractivity contribution in [3.05, 3.63) is 40.5 Å². The third kappa shape index (κ3) is 3.98. The quantitative estimate of drug-likeness (QED) is 0.623. The van der Waals surface area contributed by atoms with Crippen molar-refractivity contribution < 1.29 is 9.47 Å². The van der Waals surface area contributed by atoms with Crippen LogP contribution < -0.4 is 19.9 Å². The molecule has 0 aliphatic carbocycles. The number of anilines is 1. The molecule has 174 valence electrons. The Bertz CT molecular complexity index is 1230. The van der Waals surface area contributed by atoms with E-state index in [0.29, 0.717) is 12.3 Å². The number of nitrogens with zero attached hydrogens (tertiary/aromatic N) is 5. The number of nitrogens with one attached hydrogen (secondary N) is 1. The smallest absolute Gasteiger partial charge is 0.231 e. The van der Waals surface area contributed by atoms with Crippen molar-refractivity contribution in [2.45, 2.75) is 25.9 Å². The molecule has 33 heavy (non-hydrogen) atoms. The van der Waals surface area contributed by atoms with Gasteiger partial charge in [-0.3, -0.25) is 10.3 Å². The number of piperazine rings is 1. The third-order valence-corrected chi connectivity index (χ3v) is 8.16. The van der Waals surface area contributed by atoms with Crippen molar-refractivity contribution in [1.29, 1.82) is 5.41 Å². The molecule has 5 heterocycles. The van der Waals surface area contributed by atoms with E-state index in [2.05, 4.69) is 33.9 Å². The summed E-state index contributed by atoms with van der Waals surface area (Å²) in [5.41, 5.74) is 3.20. The number of thiophene rings is 1. The highest BCUT2D eigenvalue weighted by Crippen LogP contribution is 2.36. The van der Waals surface area contributed by atoms with E-state index in [1.165, 1.54) is 16.1 Å².